The van der Waals surface area contributed by atoms with Gasteiger partial charge in [-0.15, -0.1) is 5.10 Å². The van der Waals surface area contributed by atoms with Gasteiger partial charge in [-0.1, -0.05) is 10.2 Å². The van der Waals surface area contributed by atoms with Crippen LogP contribution in [-0.4, -0.2) is 52.6 Å². The number of carbonyl (C=O) groups is 1. The molecular weight excluding hydrogens is 330 g/mol. The number of nitro groups is 1. The van der Waals surface area contributed by atoms with E-state index in [1.54, 1.807) is 10.9 Å². The number of aliphatic hydroxyl groups excluding tert-OH is 1. The van der Waals surface area contributed by atoms with Crippen molar-refractivity contribution in [2.45, 2.75) is 50.9 Å². The number of imidazole rings is 1. The minimum atomic E-state index is -0.650. The Morgan fingerprint density at radius 2 is 2.32 bits per heavy atom. The van der Waals surface area contributed by atoms with Crippen molar-refractivity contribution in [2.75, 3.05) is 0 Å². The van der Waals surface area contributed by atoms with Crippen LogP contribution in [0.15, 0.2) is 18.6 Å². The molecule has 2 heterocycles. The van der Waals surface area contributed by atoms with Crippen molar-refractivity contribution >= 4 is 11.9 Å². The Labute approximate surface area is 142 Å². The van der Waals surface area contributed by atoms with E-state index < -0.39 is 11.0 Å². The molecule has 0 spiro atoms. The number of hydrogen-bond acceptors (Lipinski definition) is 7. The van der Waals surface area contributed by atoms with Gasteiger partial charge in [-0.3, -0.25) is 4.79 Å². The molecule has 0 aromatic carbocycles. The predicted molar refractivity (Wildman–Crippen MR) is 84.5 cm³/mol. The number of carbonyl (C=O) groups excluding carboxylic acids is 1. The summed E-state index contributed by atoms with van der Waals surface area (Å²) in [7, 11) is 0. The molecule has 134 valence electrons. The predicted octanol–water partition coefficient (Wildman–Crippen LogP) is -0.0379. The molecule has 2 aromatic heterocycles. The van der Waals surface area contributed by atoms with Crippen molar-refractivity contribution in [1.82, 2.24) is 29.9 Å². The number of amides is 1. The molecule has 3 atom stereocenters. The topological polar surface area (TPSA) is 141 Å². The summed E-state index contributed by atoms with van der Waals surface area (Å²) >= 11 is 0. The Kier molecular flexibility index (Phi) is 4.74. The molecule has 0 aliphatic heterocycles. The Balaban J connectivity index is 1.55. The zero-order valence-electron chi connectivity index (χ0n) is 13.6. The van der Waals surface area contributed by atoms with Crippen LogP contribution >= 0.6 is 0 Å². The van der Waals surface area contributed by atoms with Gasteiger partial charge in [0, 0.05) is 12.2 Å². The number of nitrogens with zero attached hydrogens (tertiary/aromatic N) is 6. The van der Waals surface area contributed by atoms with E-state index in [1.165, 1.54) is 17.0 Å². The minimum absolute atomic E-state index is 0.163. The quantitative estimate of drug-likeness (QED) is 0.570. The van der Waals surface area contributed by atoms with Crippen molar-refractivity contribution in [3.63, 3.8) is 0 Å². The molecule has 2 aromatic rings. The van der Waals surface area contributed by atoms with Gasteiger partial charge in [-0.05, 0) is 31.1 Å². The molecule has 1 fully saturated rings. The van der Waals surface area contributed by atoms with E-state index in [-0.39, 0.29) is 30.5 Å². The monoisotopic (exact) mass is 349 g/mol. The highest BCUT2D eigenvalue weighted by Crippen LogP contribution is 2.28. The number of hydrogen-bond donors (Lipinski definition) is 2. The number of aromatic nitrogens is 5. The first-order valence-electron chi connectivity index (χ1n) is 7.95. The van der Waals surface area contributed by atoms with Crippen molar-refractivity contribution < 1.29 is 14.8 Å². The van der Waals surface area contributed by atoms with Crippen LogP contribution < -0.4 is 5.32 Å². The number of aryl methyl sites for hydroxylation is 1. The molecule has 0 bridgehead atoms. The van der Waals surface area contributed by atoms with E-state index >= 15 is 0 Å². The Bertz CT molecular complexity index is 771. The van der Waals surface area contributed by atoms with Gasteiger partial charge >= 0.3 is 5.95 Å². The first-order chi connectivity index (χ1) is 11.9. The molecule has 2 N–H and O–H groups in total. The van der Waals surface area contributed by atoms with Gasteiger partial charge in [0.05, 0.1) is 17.8 Å². The van der Waals surface area contributed by atoms with Gasteiger partial charge in [0.15, 0.2) is 6.54 Å². The number of nitrogens with one attached hydrogen (secondary N) is 1. The highest BCUT2D eigenvalue weighted by atomic mass is 16.6. The molecule has 0 radical (unpaired) electrons. The van der Waals surface area contributed by atoms with Crippen LogP contribution in [0.1, 0.15) is 31.0 Å². The highest BCUT2D eigenvalue weighted by molar-refractivity contribution is 5.76. The standard InChI is InChI=1S/C14H19N7O4/c1-9-7-20(18-17-9)11-3-2-10(6-12(11)22)16-13(23)8-19-5-4-15-14(19)21(24)25/h4-5,7,10-12,22H,2-3,6,8H2,1H3,(H,16,23). The van der Waals surface area contributed by atoms with Gasteiger partial charge < -0.3 is 20.5 Å². The second-order valence-corrected chi connectivity index (χ2v) is 6.16. The van der Waals surface area contributed by atoms with E-state index in [2.05, 4.69) is 20.6 Å². The van der Waals surface area contributed by atoms with Crippen LogP contribution in [-0.2, 0) is 11.3 Å². The largest absolute Gasteiger partial charge is 0.435 e. The summed E-state index contributed by atoms with van der Waals surface area (Å²) in [6, 6.07) is -0.352. The van der Waals surface area contributed by atoms with Crippen molar-refractivity contribution in [2.24, 2.45) is 0 Å². The summed E-state index contributed by atoms with van der Waals surface area (Å²) in [6.45, 7) is 1.64. The maximum absolute atomic E-state index is 12.1. The van der Waals surface area contributed by atoms with E-state index in [4.69, 9.17) is 0 Å². The lowest BCUT2D eigenvalue weighted by Crippen LogP contribution is -2.44. The van der Waals surface area contributed by atoms with Crippen LogP contribution in [0.4, 0.5) is 5.95 Å². The van der Waals surface area contributed by atoms with Crippen molar-refractivity contribution in [3.8, 4) is 0 Å². The van der Waals surface area contributed by atoms with Crippen LogP contribution in [0.3, 0.4) is 0 Å². The number of rotatable bonds is 5. The molecule has 3 rings (SSSR count). The van der Waals surface area contributed by atoms with Gasteiger partial charge in [-0.2, -0.15) is 0 Å². The zero-order valence-corrected chi connectivity index (χ0v) is 13.6. The molecule has 25 heavy (non-hydrogen) atoms. The first-order valence-corrected chi connectivity index (χ1v) is 7.95. The summed E-state index contributed by atoms with van der Waals surface area (Å²) in [6.07, 6.45) is 5.52. The minimum Gasteiger partial charge on any atom is -0.391 e. The fourth-order valence-electron chi connectivity index (χ4n) is 3.12. The average molecular weight is 349 g/mol. The zero-order chi connectivity index (χ0) is 18.0. The third-order valence-corrected chi connectivity index (χ3v) is 4.28. The molecule has 11 heteroatoms. The van der Waals surface area contributed by atoms with Gasteiger partial charge in [-0.25, -0.2) is 9.25 Å². The third kappa shape index (κ3) is 3.82. The summed E-state index contributed by atoms with van der Waals surface area (Å²) in [5.74, 6) is -0.728. The fraction of sp³-hybridized carbons (Fsp3) is 0.571. The normalized spacial score (nSPS) is 23.4. The molecule has 1 saturated carbocycles. The maximum atomic E-state index is 12.1. The van der Waals surface area contributed by atoms with Gasteiger partial charge in [0.1, 0.15) is 12.4 Å². The second-order valence-electron chi connectivity index (χ2n) is 6.16. The van der Waals surface area contributed by atoms with Crippen LogP contribution in [0.5, 0.6) is 0 Å². The van der Waals surface area contributed by atoms with Crippen LogP contribution in [0, 0.1) is 17.0 Å². The summed E-state index contributed by atoms with van der Waals surface area (Å²) in [5, 5.41) is 31.9. The molecular formula is C14H19N7O4. The Hall–Kier alpha value is -2.82. The molecule has 1 aliphatic rings. The van der Waals surface area contributed by atoms with Crippen molar-refractivity contribution in [3.05, 3.63) is 34.4 Å². The second kappa shape index (κ2) is 6.97. The molecule has 1 amide bonds. The van der Waals surface area contributed by atoms with Gasteiger partial charge in [0.2, 0.25) is 0 Å². The lowest BCUT2D eigenvalue weighted by atomic mass is 9.88. The van der Waals surface area contributed by atoms with Crippen LogP contribution in [0.25, 0.3) is 0 Å². The van der Waals surface area contributed by atoms with E-state index in [9.17, 15) is 20.0 Å². The van der Waals surface area contributed by atoms with E-state index in [1.807, 2.05) is 6.92 Å². The SMILES string of the molecule is Cc1cn(C2CCC(NC(=O)Cn3ccnc3[N+](=O)[O-])CC2O)nn1. The highest BCUT2D eigenvalue weighted by Gasteiger charge is 2.32. The average Bonchev–Trinajstić information content (AvgIpc) is 3.16. The molecule has 3 unspecified atom stereocenters. The Morgan fingerprint density at radius 3 is 2.96 bits per heavy atom. The van der Waals surface area contributed by atoms with E-state index in [0.29, 0.717) is 19.3 Å². The molecule has 0 saturated heterocycles. The summed E-state index contributed by atoms with van der Waals surface area (Å²) < 4.78 is 2.84. The Morgan fingerprint density at radius 1 is 1.52 bits per heavy atom. The fourth-order valence-corrected chi connectivity index (χ4v) is 3.12. The first kappa shape index (κ1) is 17.0. The molecule has 1 aliphatic carbocycles. The number of aliphatic hydroxyl groups is 1. The van der Waals surface area contributed by atoms with Gasteiger partial charge in [0.25, 0.3) is 5.91 Å². The lowest BCUT2D eigenvalue weighted by Gasteiger charge is -2.33. The summed E-state index contributed by atoms with van der Waals surface area (Å²) in [5.41, 5.74) is 0.782. The van der Waals surface area contributed by atoms with E-state index in [0.717, 1.165) is 5.69 Å². The van der Waals surface area contributed by atoms with Crippen LogP contribution in [0.2, 0.25) is 0 Å². The van der Waals surface area contributed by atoms with Crippen molar-refractivity contribution in [1.29, 1.82) is 0 Å². The third-order valence-electron chi connectivity index (χ3n) is 4.28. The maximum Gasteiger partial charge on any atom is 0.435 e. The smallest absolute Gasteiger partial charge is 0.391 e. The summed E-state index contributed by atoms with van der Waals surface area (Å²) in [4.78, 5) is 25.9. The molecule has 11 nitrogen and oxygen atoms in total. The lowest BCUT2D eigenvalue weighted by molar-refractivity contribution is -0.396.